The Morgan fingerprint density at radius 2 is 1.86 bits per heavy atom. The molecule has 29 heavy (non-hydrogen) atoms. The molecule has 2 N–H and O–H groups in total. The van der Waals surface area contributed by atoms with Gasteiger partial charge in [-0.15, -0.1) is 24.0 Å². The third-order valence-corrected chi connectivity index (χ3v) is 4.70. The van der Waals surface area contributed by atoms with Crippen molar-refractivity contribution in [3.05, 3.63) is 35.4 Å². The molecule has 0 aliphatic rings. The summed E-state index contributed by atoms with van der Waals surface area (Å²) in [6.45, 7) is 10.1. The van der Waals surface area contributed by atoms with E-state index in [0.29, 0.717) is 6.04 Å². The summed E-state index contributed by atoms with van der Waals surface area (Å²) in [6, 6.07) is 8.43. The van der Waals surface area contributed by atoms with Gasteiger partial charge in [0.1, 0.15) is 0 Å². The van der Waals surface area contributed by atoms with Crippen molar-refractivity contribution >= 4 is 35.8 Å². The molecule has 1 rings (SSSR count). The fourth-order valence-corrected chi connectivity index (χ4v) is 2.71. The smallest absolute Gasteiger partial charge is 0.253 e. The van der Waals surface area contributed by atoms with Crippen molar-refractivity contribution in [1.29, 1.82) is 0 Å². The van der Waals surface area contributed by atoms with Crippen LogP contribution >= 0.6 is 24.0 Å². The second kappa shape index (κ2) is 15.5. The molecule has 1 aromatic rings. The summed E-state index contributed by atoms with van der Waals surface area (Å²) in [6.07, 6.45) is 3.09. The van der Waals surface area contributed by atoms with Gasteiger partial charge in [-0.1, -0.05) is 12.1 Å². The molecule has 0 aliphatic carbocycles. The molecule has 0 unspecified atom stereocenters. The summed E-state index contributed by atoms with van der Waals surface area (Å²) < 4.78 is 0. The second-order valence-corrected chi connectivity index (χ2v) is 7.62. The first-order valence-corrected chi connectivity index (χ1v) is 10.4. The molecule has 0 atom stereocenters. The minimum absolute atomic E-state index is 0. The number of benzene rings is 1. The van der Waals surface area contributed by atoms with Gasteiger partial charge in [0.25, 0.3) is 5.91 Å². The fraction of sp³-hybridized carbons (Fsp3) is 0.636. The average Bonchev–Trinajstić information content (AvgIpc) is 2.66. The van der Waals surface area contributed by atoms with E-state index < -0.39 is 0 Å². The number of guanidine groups is 1. The Balaban J connectivity index is 0.00000784. The molecular formula is C22H40IN5O. The molecule has 1 amide bonds. The van der Waals surface area contributed by atoms with Crippen molar-refractivity contribution in [3.63, 3.8) is 0 Å². The first-order chi connectivity index (χ1) is 13.3. The SMILES string of the molecule is CCNC(=NCCCCN(C)C(C)C)NCCc1cccc(C(=O)N(C)C)c1.I. The lowest BCUT2D eigenvalue weighted by molar-refractivity contribution is 0.0827. The van der Waals surface area contributed by atoms with Gasteiger partial charge in [-0.3, -0.25) is 9.79 Å². The molecule has 0 saturated carbocycles. The van der Waals surface area contributed by atoms with Gasteiger partial charge in [0, 0.05) is 45.3 Å². The maximum atomic E-state index is 12.1. The van der Waals surface area contributed by atoms with Crippen LogP contribution in [0.15, 0.2) is 29.3 Å². The standard InChI is InChI=1S/C22H39N5O.HI/c1-7-23-22(24-14-8-9-16-27(6)18(2)3)25-15-13-19-11-10-12-20(17-19)21(28)26(4)5;/h10-12,17-18H,7-9,13-16H2,1-6H3,(H2,23,24,25);1H. The Kier molecular flexibility index (Phi) is 14.8. The number of halogens is 1. The predicted molar refractivity (Wildman–Crippen MR) is 135 cm³/mol. The summed E-state index contributed by atoms with van der Waals surface area (Å²) in [5.74, 6) is 0.896. The molecule has 0 saturated heterocycles. The topological polar surface area (TPSA) is 60.0 Å². The van der Waals surface area contributed by atoms with Crippen LogP contribution < -0.4 is 10.6 Å². The fourth-order valence-electron chi connectivity index (χ4n) is 2.71. The number of aliphatic imine (C=N–C) groups is 1. The quantitative estimate of drug-likeness (QED) is 0.205. The van der Waals surface area contributed by atoms with Gasteiger partial charge in [-0.25, -0.2) is 0 Å². The lowest BCUT2D eigenvalue weighted by Crippen LogP contribution is -2.38. The Morgan fingerprint density at radius 3 is 2.48 bits per heavy atom. The van der Waals surface area contributed by atoms with E-state index in [-0.39, 0.29) is 29.9 Å². The van der Waals surface area contributed by atoms with Crippen molar-refractivity contribution in [2.75, 3.05) is 47.3 Å². The van der Waals surface area contributed by atoms with Gasteiger partial charge in [-0.2, -0.15) is 0 Å². The van der Waals surface area contributed by atoms with E-state index in [9.17, 15) is 4.79 Å². The van der Waals surface area contributed by atoms with Crippen LogP contribution in [0.4, 0.5) is 0 Å². The van der Waals surface area contributed by atoms with Crippen LogP contribution in [0, 0.1) is 0 Å². The first-order valence-electron chi connectivity index (χ1n) is 10.4. The lowest BCUT2D eigenvalue weighted by atomic mass is 10.1. The normalized spacial score (nSPS) is 11.4. The van der Waals surface area contributed by atoms with Crippen molar-refractivity contribution in [1.82, 2.24) is 20.4 Å². The van der Waals surface area contributed by atoms with Crippen molar-refractivity contribution < 1.29 is 4.79 Å². The Bertz CT molecular complexity index is 619. The van der Waals surface area contributed by atoms with Gasteiger partial charge >= 0.3 is 0 Å². The van der Waals surface area contributed by atoms with Crippen molar-refractivity contribution in [2.45, 2.75) is 46.1 Å². The van der Waals surface area contributed by atoms with E-state index in [4.69, 9.17) is 0 Å². The second-order valence-electron chi connectivity index (χ2n) is 7.62. The number of nitrogens with zero attached hydrogens (tertiary/aromatic N) is 3. The highest BCUT2D eigenvalue weighted by Crippen LogP contribution is 2.07. The molecular weight excluding hydrogens is 477 g/mol. The number of rotatable bonds is 11. The molecule has 6 nitrogen and oxygen atoms in total. The van der Waals surface area contributed by atoms with E-state index >= 15 is 0 Å². The van der Waals surface area contributed by atoms with E-state index in [1.807, 2.05) is 18.2 Å². The summed E-state index contributed by atoms with van der Waals surface area (Å²) in [4.78, 5) is 20.7. The van der Waals surface area contributed by atoms with Crippen molar-refractivity contribution in [2.24, 2.45) is 4.99 Å². The predicted octanol–water partition coefficient (Wildman–Crippen LogP) is 3.22. The minimum Gasteiger partial charge on any atom is -0.357 e. The third-order valence-electron chi connectivity index (χ3n) is 4.70. The maximum Gasteiger partial charge on any atom is 0.253 e. The molecule has 0 radical (unpaired) electrons. The van der Waals surface area contributed by atoms with Crippen LogP contribution in [0.25, 0.3) is 0 Å². The van der Waals surface area contributed by atoms with Crippen LogP contribution in [0.2, 0.25) is 0 Å². The third kappa shape index (κ3) is 11.4. The number of unbranched alkanes of at least 4 members (excludes halogenated alkanes) is 1. The maximum absolute atomic E-state index is 12.1. The van der Waals surface area contributed by atoms with E-state index in [1.165, 1.54) is 0 Å². The van der Waals surface area contributed by atoms with Gasteiger partial charge in [0.05, 0.1) is 0 Å². The molecule has 0 bridgehead atoms. The Morgan fingerprint density at radius 1 is 1.14 bits per heavy atom. The molecule has 0 heterocycles. The summed E-state index contributed by atoms with van der Waals surface area (Å²) >= 11 is 0. The van der Waals surface area contributed by atoms with Gasteiger partial charge in [0.15, 0.2) is 5.96 Å². The molecule has 166 valence electrons. The highest BCUT2D eigenvalue weighted by atomic mass is 127. The van der Waals surface area contributed by atoms with Crippen LogP contribution in [0.5, 0.6) is 0 Å². The van der Waals surface area contributed by atoms with Crippen LogP contribution in [-0.2, 0) is 6.42 Å². The Hall–Kier alpha value is -1.35. The monoisotopic (exact) mass is 517 g/mol. The number of hydrogen-bond donors (Lipinski definition) is 2. The number of amides is 1. The zero-order valence-corrected chi connectivity index (χ0v) is 21.3. The van der Waals surface area contributed by atoms with E-state index in [0.717, 1.165) is 62.5 Å². The highest BCUT2D eigenvalue weighted by Gasteiger charge is 2.08. The highest BCUT2D eigenvalue weighted by molar-refractivity contribution is 14.0. The van der Waals surface area contributed by atoms with E-state index in [1.54, 1.807) is 19.0 Å². The first kappa shape index (κ1) is 27.6. The molecule has 1 aromatic carbocycles. The van der Waals surface area contributed by atoms with Gasteiger partial charge in [-0.05, 0) is 71.3 Å². The zero-order chi connectivity index (χ0) is 20.9. The number of nitrogens with one attached hydrogen (secondary N) is 2. The van der Waals surface area contributed by atoms with Gasteiger partial charge in [0.2, 0.25) is 0 Å². The largest absolute Gasteiger partial charge is 0.357 e. The number of hydrogen-bond acceptors (Lipinski definition) is 3. The molecule has 7 heteroatoms. The minimum atomic E-state index is 0. The Labute approximate surface area is 194 Å². The van der Waals surface area contributed by atoms with Crippen LogP contribution in [0.1, 0.15) is 49.5 Å². The molecule has 0 aliphatic heterocycles. The molecule has 0 aromatic heterocycles. The van der Waals surface area contributed by atoms with E-state index in [2.05, 4.69) is 54.4 Å². The summed E-state index contributed by atoms with van der Waals surface area (Å²) in [7, 11) is 5.72. The zero-order valence-electron chi connectivity index (χ0n) is 19.0. The van der Waals surface area contributed by atoms with Crippen LogP contribution in [-0.4, -0.2) is 75.0 Å². The van der Waals surface area contributed by atoms with Crippen molar-refractivity contribution in [3.8, 4) is 0 Å². The molecule has 0 spiro atoms. The van der Waals surface area contributed by atoms with Gasteiger partial charge < -0.3 is 20.4 Å². The number of carbonyl (C=O) groups excluding carboxylic acids is 1. The lowest BCUT2D eigenvalue weighted by Gasteiger charge is -2.20. The summed E-state index contributed by atoms with van der Waals surface area (Å²) in [5, 5.41) is 6.69. The van der Waals surface area contributed by atoms with Crippen LogP contribution in [0.3, 0.4) is 0 Å². The number of carbonyl (C=O) groups is 1. The molecule has 0 fully saturated rings. The summed E-state index contributed by atoms with van der Waals surface area (Å²) in [5.41, 5.74) is 1.88. The average molecular weight is 518 g/mol.